The number of aromatic amines is 1. The molecule has 1 amide bonds. The summed E-state index contributed by atoms with van der Waals surface area (Å²) in [5, 5.41) is 0.885. The SMILES string of the molecule is COc1cc2[nH]c(C(=O)N3CC4CC45C3=CC(=O)c3ccccc35)cc2cc1OCCI. The van der Waals surface area contributed by atoms with E-state index in [1.54, 1.807) is 18.1 Å². The lowest BCUT2D eigenvalue weighted by Crippen LogP contribution is -2.33. The Morgan fingerprint density at radius 3 is 2.91 bits per heavy atom. The van der Waals surface area contributed by atoms with Crippen LogP contribution in [-0.4, -0.2) is 46.3 Å². The van der Waals surface area contributed by atoms with Crippen LogP contribution in [0.4, 0.5) is 0 Å². The van der Waals surface area contributed by atoms with E-state index in [1.807, 2.05) is 42.5 Å². The Labute approximate surface area is 198 Å². The predicted molar refractivity (Wildman–Crippen MR) is 129 cm³/mol. The maximum absolute atomic E-state index is 13.5. The Balaban J connectivity index is 1.36. The van der Waals surface area contributed by atoms with Crippen LogP contribution < -0.4 is 9.47 Å². The Kier molecular flexibility index (Phi) is 4.40. The third-order valence-electron chi connectivity index (χ3n) is 6.91. The van der Waals surface area contributed by atoms with Crippen LogP contribution in [-0.2, 0) is 5.41 Å². The number of halogens is 1. The van der Waals surface area contributed by atoms with Crippen LogP contribution in [0.5, 0.6) is 11.5 Å². The van der Waals surface area contributed by atoms with Gasteiger partial charge in [0.15, 0.2) is 17.3 Å². The zero-order valence-corrected chi connectivity index (χ0v) is 19.6. The molecule has 0 bridgehead atoms. The number of likely N-dealkylation sites (tertiary alicyclic amines) is 1. The van der Waals surface area contributed by atoms with Crippen molar-refractivity contribution in [2.24, 2.45) is 5.92 Å². The van der Waals surface area contributed by atoms with Crippen LogP contribution >= 0.6 is 22.6 Å². The Morgan fingerprint density at radius 2 is 2.09 bits per heavy atom. The number of hydrogen-bond acceptors (Lipinski definition) is 4. The maximum atomic E-state index is 13.5. The molecule has 32 heavy (non-hydrogen) atoms. The summed E-state index contributed by atoms with van der Waals surface area (Å²) in [5.74, 6) is 1.52. The molecule has 6 nitrogen and oxygen atoms in total. The summed E-state index contributed by atoms with van der Waals surface area (Å²) in [4.78, 5) is 31.4. The van der Waals surface area contributed by atoms with Gasteiger partial charge in [0, 0.05) is 50.7 Å². The number of amides is 1. The number of aromatic nitrogens is 1. The highest BCUT2D eigenvalue weighted by molar-refractivity contribution is 14.1. The molecule has 0 radical (unpaired) electrons. The summed E-state index contributed by atoms with van der Waals surface area (Å²) in [6.45, 7) is 1.22. The number of alkyl halides is 1. The fourth-order valence-electron chi connectivity index (χ4n) is 5.40. The molecule has 2 aromatic carbocycles. The second-order valence-electron chi connectivity index (χ2n) is 8.54. The number of carbonyl (C=O) groups is 2. The summed E-state index contributed by atoms with van der Waals surface area (Å²) in [7, 11) is 1.60. The Hall–Kier alpha value is -2.81. The van der Waals surface area contributed by atoms with Crippen LogP contribution in [0.1, 0.15) is 32.8 Å². The molecule has 1 aliphatic heterocycles. The van der Waals surface area contributed by atoms with Crippen LogP contribution in [0.2, 0.25) is 0 Å². The number of hydrogen-bond donors (Lipinski definition) is 1. The minimum absolute atomic E-state index is 0.0231. The van der Waals surface area contributed by atoms with Crippen molar-refractivity contribution < 1.29 is 19.1 Å². The lowest BCUT2D eigenvalue weighted by Gasteiger charge is -2.29. The molecule has 2 atom stereocenters. The molecule has 2 heterocycles. The lowest BCUT2D eigenvalue weighted by atomic mass is 9.81. The number of methoxy groups -OCH3 is 1. The van der Waals surface area contributed by atoms with Crippen molar-refractivity contribution in [2.45, 2.75) is 11.8 Å². The first-order chi connectivity index (χ1) is 15.6. The van der Waals surface area contributed by atoms with E-state index in [1.165, 1.54) is 0 Å². The molecule has 1 saturated carbocycles. The molecule has 3 aliphatic rings. The molecule has 1 saturated heterocycles. The van der Waals surface area contributed by atoms with E-state index in [-0.39, 0.29) is 17.1 Å². The van der Waals surface area contributed by atoms with Gasteiger partial charge in [-0.15, -0.1) is 0 Å². The lowest BCUT2D eigenvalue weighted by molar-refractivity contribution is 0.0806. The maximum Gasteiger partial charge on any atom is 0.274 e. The normalized spacial score (nSPS) is 22.8. The average Bonchev–Trinajstić information content (AvgIpc) is 3.21. The minimum Gasteiger partial charge on any atom is -0.493 e. The van der Waals surface area contributed by atoms with E-state index in [9.17, 15) is 9.59 Å². The number of allylic oxidation sites excluding steroid dienone is 2. The first-order valence-corrected chi connectivity index (χ1v) is 12.2. The van der Waals surface area contributed by atoms with Crippen LogP contribution in [0.25, 0.3) is 10.9 Å². The smallest absolute Gasteiger partial charge is 0.274 e. The molecule has 3 aromatic rings. The van der Waals surface area contributed by atoms with Gasteiger partial charge in [-0.3, -0.25) is 9.59 Å². The van der Waals surface area contributed by atoms with Crippen molar-refractivity contribution in [1.29, 1.82) is 0 Å². The molecule has 2 fully saturated rings. The van der Waals surface area contributed by atoms with Crippen LogP contribution in [0, 0.1) is 5.92 Å². The van der Waals surface area contributed by atoms with Gasteiger partial charge in [-0.2, -0.15) is 0 Å². The van der Waals surface area contributed by atoms with Crippen molar-refractivity contribution in [3.63, 3.8) is 0 Å². The zero-order chi connectivity index (χ0) is 22.0. The monoisotopic (exact) mass is 540 g/mol. The summed E-state index contributed by atoms with van der Waals surface area (Å²) in [6.07, 6.45) is 2.67. The summed E-state index contributed by atoms with van der Waals surface area (Å²) in [5.41, 5.74) is 3.81. The number of ether oxygens (including phenoxy) is 2. The summed E-state index contributed by atoms with van der Waals surface area (Å²) in [6, 6.07) is 13.4. The summed E-state index contributed by atoms with van der Waals surface area (Å²) < 4.78 is 12.1. The van der Waals surface area contributed by atoms with Gasteiger partial charge in [-0.1, -0.05) is 46.9 Å². The zero-order valence-electron chi connectivity index (χ0n) is 17.5. The van der Waals surface area contributed by atoms with Gasteiger partial charge in [-0.25, -0.2) is 0 Å². The Morgan fingerprint density at radius 1 is 1.25 bits per heavy atom. The molecule has 162 valence electrons. The summed E-state index contributed by atoms with van der Waals surface area (Å²) >= 11 is 2.26. The van der Waals surface area contributed by atoms with Crippen LogP contribution in [0.3, 0.4) is 0 Å². The van der Waals surface area contributed by atoms with Crippen molar-refractivity contribution in [3.8, 4) is 11.5 Å². The molecule has 2 unspecified atom stereocenters. The number of piperidine rings is 1. The van der Waals surface area contributed by atoms with Gasteiger partial charge in [0.1, 0.15) is 5.69 Å². The number of nitrogens with zero attached hydrogens (tertiary/aromatic N) is 1. The molecular formula is C25H21IN2O4. The van der Waals surface area contributed by atoms with Crippen molar-refractivity contribution >= 4 is 45.2 Å². The highest BCUT2D eigenvalue weighted by Gasteiger charge is 2.67. The van der Waals surface area contributed by atoms with Crippen molar-refractivity contribution in [2.75, 3.05) is 24.7 Å². The molecular weight excluding hydrogens is 519 g/mol. The molecule has 1 N–H and O–H groups in total. The Bertz CT molecular complexity index is 1330. The number of nitrogens with one attached hydrogen (secondary N) is 1. The fourth-order valence-corrected chi connectivity index (χ4v) is 5.62. The first kappa shape index (κ1) is 19.8. The highest BCUT2D eigenvalue weighted by atomic mass is 127. The van der Waals surface area contributed by atoms with E-state index in [4.69, 9.17) is 9.47 Å². The topological polar surface area (TPSA) is 71.6 Å². The molecule has 1 aromatic heterocycles. The third kappa shape index (κ3) is 2.69. The standard InChI is InChI=1S/C25H21IN2O4/c1-31-21-10-18-14(9-22(21)32-7-6-26)8-19(27-18)24(30)28-13-15-12-25(15)17-5-3-2-4-16(17)20(29)11-23(25)28/h2-5,8-11,15,27H,6-7,12-13H2,1H3. The van der Waals surface area contributed by atoms with Gasteiger partial charge in [-0.05, 0) is 30.0 Å². The van der Waals surface area contributed by atoms with E-state index < -0.39 is 0 Å². The average molecular weight is 540 g/mol. The van der Waals surface area contributed by atoms with Gasteiger partial charge >= 0.3 is 0 Å². The highest BCUT2D eigenvalue weighted by Crippen LogP contribution is 2.66. The largest absolute Gasteiger partial charge is 0.493 e. The second-order valence-corrected chi connectivity index (χ2v) is 9.62. The van der Waals surface area contributed by atoms with Gasteiger partial charge in [0.2, 0.25) is 0 Å². The number of H-pyrrole nitrogens is 1. The van der Waals surface area contributed by atoms with Gasteiger partial charge in [0.05, 0.1) is 13.7 Å². The first-order valence-electron chi connectivity index (χ1n) is 10.6. The second kappa shape index (κ2) is 7.10. The van der Waals surface area contributed by atoms with E-state index in [0.29, 0.717) is 36.3 Å². The van der Waals surface area contributed by atoms with Gasteiger partial charge in [0.25, 0.3) is 5.91 Å². The fraction of sp³-hybridized carbons (Fsp3) is 0.280. The number of benzene rings is 2. The predicted octanol–water partition coefficient (Wildman–Crippen LogP) is 4.48. The number of carbonyl (C=O) groups excluding carboxylic acids is 2. The molecule has 2 aliphatic carbocycles. The minimum atomic E-state index is -0.185. The van der Waals surface area contributed by atoms with E-state index in [2.05, 4.69) is 27.6 Å². The van der Waals surface area contributed by atoms with Crippen molar-refractivity contribution in [1.82, 2.24) is 9.88 Å². The third-order valence-corrected chi connectivity index (χ3v) is 7.35. The molecule has 6 rings (SSSR count). The van der Waals surface area contributed by atoms with E-state index in [0.717, 1.165) is 38.6 Å². The quantitative estimate of drug-likeness (QED) is 0.383. The van der Waals surface area contributed by atoms with Gasteiger partial charge < -0.3 is 19.4 Å². The van der Waals surface area contributed by atoms with Crippen LogP contribution in [0.15, 0.2) is 54.2 Å². The molecule has 7 heteroatoms. The number of ketones is 1. The molecule has 1 spiro atoms. The van der Waals surface area contributed by atoms with Crippen molar-refractivity contribution in [3.05, 3.63) is 71.1 Å². The van der Waals surface area contributed by atoms with E-state index >= 15 is 0 Å². The number of rotatable bonds is 5. The number of fused-ring (bicyclic) bond motifs is 2.